The number of fused-ring (bicyclic) bond motifs is 1. The minimum absolute atomic E-state index is 0. The van der Waals surface area contributed by atoms with Gasteiger partial charge < -0.3 is 11.1 Å². The van der Waals surface area contributed by atoms with Crippen molar-refractivity contribution in [1.29, 1.82) is 0 Å². The Bertz CT molecular complexity index is 755. The summed E-state index contributed by atoms with van der Waals surface area (Å²) in [4.78, 5) is 24.5. The molecule has 3 N–H and O–H groups in total. The van der Waals surface area contributed by atoms with Crippen molar-refractivity contribution in [3.05, 3.63) is 40.2 Å². The van der Waals surface area contributed by atoms with Gasteiger partial charge in [0.2, 0.25) is 5.43 Å². The molecule has 1 amide bonds. The van der Waals surface area contributed by atoms with E-state index in [-0.39, 0.29) is 29.6 Å². The van der Waals surface area contributed by atoms with Crippen molar-refractivity contribution >= 4 is 29.2 Å². The fraction of sp³-hybridized carbons (Fsp3) is 0.400. The van der Waals surface area contributed by atoms with Crippen LogP contribution in [0.15, 0.2) is 29.1 Å². The smallest absolute Gasteiger partial charge is 0.275 e. The fourth-order valence-corrected chi connectivity index (χ4v) is 2.46. The number of nitrogens with two attached hydrogens (primary N) is 1. The maximum atomic E-state index is 12.3. The number of nitrogens with zero attached hydrogens (tertiary/aromatic N) is 2. The van der Waals surface area contributed by atoms with Crippen LogP contribution in [0.1, 0.15) is 23.3 Å². The van der Waals surface area contributed by atoms with E-state index in [9.17, 15) is 9.59 Å². The van der Waals surface area contributed by atoms with Crippen molar-refractivity contribution in [2.24, 2.45) is 18.7 Å². The lowest BCUT2D eigenvalue weighted by molar-refractivity contribution is 0.0942. The van der Waals surface area contributed by atoms with E-state index < -0.39 is 5.91 Å². The molecule has 1 aromatic heterocycles. The molecule has 118 valence electrons. The Hall–Kier alpha value is -1.92. The van der Waals surface area contributed by atoms with Crippen LogP contribution in [0, 0.1) is 5.92 Å². The first-order valence-electron chi connectivity index (χ1n) is 7.07. The Morgan fingerprint density at radius 1 is 1.45 bits per heavy atom. The molecule has 7 heteroatoms. The molecule has 1 aromatic carbocycles. The molecule has 22 heavy (non-hydrogen) atoms. The number of rotatable bonds is 4. The molecule has 1 aliphatic carbocycles. The average molecular weight is 323 g/mol. The molecule has 2 aromatic rings. The molecule has 1 fully saturated rings. The number of aryl methyl sites for hydroxylation is 1. The number of nitrogens with one attached hydrogen (secondary N) is 1. The number of para-hydroxylation sites is 1. The highest BCUT2D eigenvalue weighted by atomic mass is 35.5. The van der Waals surface area contributed by atoms with Crippen molar-refractivity contribution in [3.63, 3.8) is 0 Å². The van der Waals surface area contributed by atoms with Gasteiger partial charge in [0.25, 0.3) is 5.91 Å². The molecular weight excluding hydrogens is 304 g/mol. The van der Waals surface area contributed by atoms with Crippen LogP contribution in [-0.4, -0.2) is 28.3 Å². The SMILES string of the molecule is Cl.Cn1nc(C(=O)NCC(N)C2CC2)c(=O)c2ccccc21. The van der Waals surface area contributed by atoms with E-state index in [4.69, 9.17) is 5.73 Å². The maximum absolute atomic E-state index is 12.3. The molecule has 0 spiro atoms. The number of aromatic nitrogens is 2. The van der Waals surface area contributed by atoms with E-state index in [1.807, 2.05) is 6.07 Å². The van der Waals surface area contributed by atoms with Gasteiger partial charge >= 0.3 is 0 Å². The third-order valence-corrected chi connectivity index (χ3v) is 3.90. The Morgan fingerprint density at radius 3 is 2.82 bits per heavy atom. The van der Waals surface area contributed by atoms with Gasteiger partial charge in [0.1, 0.15) is 0 Å². The summed E-state index contributed by atoms with van der Waals surface area (Å²) in [6.07, 6.45) is 2.24. The van der Waals surface area contributed by atoms with Crippen molar-refractivity contribution in [2.75, 3.05) is 6.54 Å². The molecule has 1 aliphatic rings. The average Bonchev–Trinajstić information content (AvgIpc) is 3.33. The summed E-state index contributed by atoms with van der Waals surface area (Å²) in [5, 5.41) is 7.30. The molecule has 0 aliphatic heterocycles. The molecule has 6 nitrogen and oxygen atoms in total. The molecule has 1 heterocycles. The second-order valence-corrected chi connectivity index (χ2v) is 5.53. The van der Waals surface area contributed by atoms with Crippen LogP contribution >= 0.6 is 12.4 Å². The van der Waals surface area contributed by atoms with Crippen LogP contribution in [0.2, 0.25) is 0 Å². The third-order valence-electron chi connectivity index (χ3n) is 3.90. The summed E-state index contributed by atoms with van der Waals surface area (Å²) in [6.45, 7) is 0.376. The van der Waals surface area contributed by atoms with Crippen LogP contribution in [0.5, 0.6) is 0 Å². The minimum Gasteiger partial charge on any atom is -0.349 e. The second kappa shape index (κ2) is 6.46. The van der Waals surface area contributed by atoms with E-state index >= 15 is 0 Å². The van der Waals surface area contributed by atoms with Gasteiger partial charge in [-0.15, -0.1) is 12.4 Å². The zero-order valence-electron chi connectivity index (χ0n) is 12.3. The van der Waals surface area contributed by atoms with Crippen molar-refractivity contribution in [2.45, 2.75) is 18.9 Å². The van der Waals surface area contributed by atoms with Crippen LogP contribution in [0.3, 0.4) is 0 Å². The molecule has 0 bridgehead atoms. The van der Waals surface area contributed by atoms with E-state index in [1.54, 1.807) is 29.9 Å². The standard InChI is InChI=1S/C15H18N4O2.ClH/c1-19-12-5-3-2-4-10(12)14(20)13(18-19)15(21)17-8-11(16)9-6-7-9;/h2-5,9,11H,6-8,16H2,1H3,(H,17,21);1H. The van der Waals surface area contributed by atoms with Gasteiger partial charge in [-0.2, -0.15) is 5.10 Å². The zero-order chi connectivity index (χ0) is 15.0. The number of hydrogen-bond acceptors (Lipinski definition) is 4. The summed E-state index contributed by atoms with van der Waals surface area (Å²) < 4.78 is 1.55. The van der Waals surface area contributed by atoms with E-state index in [2.05, 4.69) is 10.4 Å². The predicted molar refractivity (Wildman–Crippen MR) is 87.3 cm³/mol. The van der Waals surface area contributed by atoms with Crippen molar-refractivity contribution < 1.29 is 4.79 Å². The number of carbonyl (C=O) groups is 1. The number of hydrogen-bond donors (Lipinski definition) is 2. The first-order chi connectivity index (χ1) is 10.1. The highest BCUT2D eigenvalue weighted by molar-refractivity contribution is 5.95. The summed E-state index contributed by atoms with van der Waals surface area (Å²) in [6, 6.07) is 7.06. The molecule has 1 unspecified atom stereocenters. The number of amides is 1. The van der Waals surface area contributed by atoms with Gasteiger partial charge in [-0.25, -0.2) is 0 Å². The number of benzene rings is 1. The molecular formula is C15H19ClN4O2. The van der Waals surface area contributed by atoms with Crippen LogP contribution in [0.25, 0.3) is 10.9 Å². The summed E-state index contributed by atoms with van der Waals surface area (Å²) in [7, 11) is 1.72. The van der Waals surface area contributed by atoms with Gasteiger partial charge in [0.05, 0.1) is 5.52 Å². The molecule has 3 rings (SSSR count). The first kappa shape index (κ1) is 16.5. The Kier molecular flexibility index (Phi) is 4.83. The van der Waals surface area contributed by atoms with Crippen LogP contribution < -0.4 is 16.5 Å². The summed E-state index contributed by atoms with van der Waals surface area (Å²) >= 11 is 0. The fourth-order valence-electron chi connectivity index (χ4n) is 2.46. The monoisotopic (exact) mass is 322 g/mol. The van der Waals surface area contributed by atoms with Gasteiger partial charge in [-0.1, -0.05) is 12.1 Å². The van der Waals surface area contributed by atoms with Crippen molar-refractivity contribution in [3.8, 4) is 0 Å². The molecule has 0 saturated heterocycles. The second-order valence-electron chi connectivity index (χ2n) is 5.53. The van der Waals surface area contributed by atoms with Gasteiger partial charge in [0, 0.05) is 25.0 Å². The maximum Gasteiger partial charge on any atom is 0.275 e. The van der Waals surface area contributed by atoms with Gasteiger partial charge in [-0.3, -0.25) is 14.3 Å². The topological polar surface area (TPSA) is 90.0 Å². The number of carbonyl (C=O) groups excluding carboxylic acids is 1. The summed E-state index contributed by atoms with van der Waals surface area (Å²) in [5.74, 6) is 0.0372. The van der Waals surface area contributed by atoms with E-state index in [0.29, 0.717) is 23.4 Å². The van der Waals surface area contributed by atoms with E-state index in [1.165, 1.54) is 0 Å². The normalized spacial score (nSPS) is 15.2. The lowest BCUT2D eigenvalue weighted by atomic mass is 10.2. The molecule has 0 radical (unpaired) electrons. The molecule has 1 saturated carbocycles. The minimum atomic E-state index is -0.461. The zero-order valence-corrected chi connectivity index (χ0v) is 13.1. The highest BCUT2D eigenvalue weighted by Crippen LogP contribution is 2.31. The first-order valence-corrected chi connectivity index (χ1v) is 7.07. The summed E-state index contributed by atoms with van der Waals surface area (Å²) in [5.41, 5.74) is 6.22. The van der Waals surface area contributed by atoms with Gasteiger partial charge in [0.15, 0.2) is 5.69 Å². The van der Waals surface area contributed by atoms with Crippen molar-refractivity contribution in [1.82, 2.24) is 15.1 Å². The molecule has 1 atom stereocenters. The Balaban J connectivity index is 0.00000176. The van der Waals surface area contributed by atoms with E-state index in [0.717, 1.165) is 12.8 Å². The predicted octanol–water partition coefficient (Wildman–Crippen LogP) is 0.822. The highest BCUT2D eigenvalue weighted by Gasteiger charge is 2.29. The van der Waals surface area contributed by atoms with Crippen LogP contribution in [-0.2, 0) is 7.05 Å². The van der Waals surface area contributed by atoms with Gasteiger partial charge in [-0.05, 0) is 30.9 Å². The van der Waals surface area contributed by atoms with Crippen LogP contribution in [0.4, 0.5) is 0 Å². The lowest BCUT2D eigenvalue weighted by Gasteiger charge is -2.12. The quantitative estimate of drug-likeness (QED) is 0.872. The Labute approximate surface area is 134 Å². The largest absolute Gasteiger partial charge is 0.349 e. The number of halogens is 1. The third kappa shape index (κ3) is 3.13. The Morgan fingerprint density at radius 2 is 2.14 bits per heavy atom. The lowest BCUT2D eigenvalue weighted by Crippen LogP contribution is -2.40.